The van der Waals surface area contributed by atoms with Crippen molar-refractivity contribution in [2.24, 2.45) is 0 Å². The number of esters is 1. The van der Waals surface area contributed by atoms with Crippen LogP contribution >= 0.6 is 0 Å². The maximum Gasteiger partial charge on any atom is 1.00 e. The van der Waals surface area contributed by atoms with Crippen LogP contribution < -0.4 is 43.9 Å². The van der Waals surface area contributed by atoms with E-state index in [1.165, 1.54) is 38.1 Å². The van der Waals surface area contributed by atoms with Crippen LogP contribution in [-0.4, -0.2) is 55.3 Å². The van der Waals surface area contributed by atoms with Crippen LogP contribution in [0.4, 0.5) is 0 Å². The van der Waals surface area contributed by atoms with Gasteiger partial charge in [0.05, 0.1) is 20.8 Å². The van der Waals surface area contributed by atoms with Crippen molar-refractivity contribution in [1.29, 1.82) is 0 Å². The molecule has 0 spiro atoms. The Balaban J connectivity index is -0.000000120. The number of carbonyl (C=O) groups excluding carboxylic acids is 1. The van der Waals surface area contributed by atoms with Crippen LogP contribution in [0.1, 0.15) is 19.4 Å². The van der Waals surface area contributed by atoms with E-state index >= 15 is 0 Å². The molecule has 0 radical (unpaired) electrons. The number of benzene rings is 1. The SMILES string of the molecule is C=C(C)C(=O)O.C=C(C)C(=O)OCCS(=O)(=O)[O-].C=Cc1ccc(S(=O)(=O)[O-])cc1.N.[Li+].[Li+]. The molecular formula is C18H25Li2NO10S2. The Morgan fingerprint density at radius 3 is 1.64 bits per heavy atom. The molecule has 15 heteroatoms. The smallest absolute Gasteiger partial charge is 0.748 e. The van der Waals surface area contributed by atoms with Gasteiger partial charge in [-0.05, 0) is 31.5 Å². The standard InChI is InChI=1S/C8H8O3S.C6H10O5S.C4H6O2.2Li.H3N/c1-2-7-3-5-8(6-4-7)12(9,10)11;1-5(2)6(7)11-3-4-12(8,9)10;1-3(2)4(5)6;;;/h2-6H,1H2,(H,9,10,11);1,3-4H2,2H3,(H,8,9,10);1H2,2H3,(H,5,6);;;1H3/q;;;2*+1;/p-2. The van der Waals surface area contributed by atoms with E-state index in [4.69, 9.17) is 5.11 Å². The second kappa shape index (κ2) is 19.8. The van der Waals surface area contributed by atoms with Crippen molar-refractivity contribution in [3.05, 3.63) is 60.7 Å². The van der Waals surface area contributed by atoms with Crippen LogP contribution in [0.2, 0.25) is 0 Å². The van der Waals surface area contributed by atoms with Gasteiger partial charge in [0, 0.05) is 11.1 Å². The largest absolute Gasteiger partial charge is 1.00 e. The first-order valence-corrected chi connectivity index (χ1v) is 10.8. The minimum Gasteiger partial charge on any atom is -0.748 e. The van der Waals surface area contributed by atoms with Crippen LogP contribution in [0.25, 0.3) is 6.08 Å². The molecule has 0 bridgehead atoms. The number of carboxylic acid groups (broad SMARTS) is 1. The molecule has 1 rings (SSSR count). The number of hydrogen-bond donors (Lipinski definition) is 2. The number of carbonyl (C=O) groups is 2. The number of aliphatic carboxylic acids is 1. The Labute approximate surface area is 218 Å². The molecule has 0 aliphatic rings. The molecule has 0 saturated carbocycles. The molecule has 0 aliphatic heterocycles. The molecule has 33 heavy (non-hydrogen) atoms. The average Bonchev–Trinajstić information content (AvgIpc) is 2.60. The zero-order valence-electron chi connectivity index (χ0n) is 19.1. The summed E-state index contributed by atoms with van der Waals surface area (Å²) in [6.07, 6.45) is 1.57. The zero-order valence-corrected chi connectivity index (χ0v) is 20.7. The summed E-state index contributed by atoms with van der Waals surface area (Å²) >= 11 is 0. The van der Waals surface area contributed by atoms with Gasteiger partial charge >= 0.3 is 49.7 Å². The summed E-state index contributed by atoms with van der Waals surface area (Å²) in [5.41, 5.74) is 1.12. The Morgan fingerprint density at radius 2 is 1.39 bits per heavy atom. The van der Waals surface area contributed by atoms with Gasteiger partial charge in [0.15, 0.2) is 0 Å². The third-order valence-corrected chi connectivity index (χ3v) is 4.20. The molecule has 0 amide bonds. The van der Waals surface area contributed by atoms with Crippen molar-refractivity contribution in [3.63, 3.8) is 0 Å². The summed E-state index contributed by atoms with van der Waals surface area (Å²) in [4.78, 5) is 20.0. The van der Waals surface area contributed by atoms with Crippen LogP contribution in [0, 0.1) is 0 Å². The molecule has 1 aromatic rings. The van der Waals surface area contributed by atoms with E-state index in [9.17, 15) is 35.5 Å². The summed E-state index contributed by atoms with van der Waals surface area (Å²) in [7, 11) is -8.61. The van der Waals surface area contributed by atoms with Gasteiger partial charge in [0.1, 0.15) is 16.7 Å². The number of hydrogen-bond acceptors (Lipinski definition) is 10. The second-order valence-electron chi connectivity index (χ2n) is 5.49. The fraction of sp³-hybridized carbons (Fsp3) is 0.222. The van der Waals surface area contributed by atoms with Crippen LogP contribution in [0.15, 0.2) is 60.0 Å². The molecule has 0 unspecified atom stereocenters. The van der Waals surface area contributed by atoms with Crippen LogP contribution in [0.5, 0.6) is 0 Å². The molecule has 11 nitrogen and oxygen atoms in total. The monoisotopic (exact) mass is 493 g/mol. The summed E-state index contributed by atoms with van der Waals surface area (Å²) < 4.78 is 65.8. The van der Waals surface area contributed by atoms with E-state index in [-0.39, 0.29) is 59.9 Å². The second-order valence-corrected chi connectivity index (χ2v) is 8.39. The van der Waals surface area contributed by atoms with Gasteiger partial charge in [-0.3, -0.25) is 0 Å². The van der Waals surface area contributed by atoms with Crippen molar-refractivity contribution >= 4 is 38.3 Å². The molecule has 0 aromatic heterocycles. The predicted molar refractivity (Wildman–Crippen MR) is 112 cm³/mol. The van der Waals surface area contributed by atoms with Gasteiger partial charge in [-0.15, -0.1) is 0 Å². The Morgan fingerprint density at radius 1 is 1.00 bits per heavy atom. The summed E-state index contributed by atoms with van der Waals surface area (Å²) in [6, 6.07) is 5.58. The normalized spacial score (nSPS) is 9.33. The van der Waals surface area contributed by atoms with Gasteiger partial charge in [-0.25, -0.2) is 26.4 Å². The zero-order chi connectivity index (χ0) is 24.1. The van der Waals surface area contributed by atoms with E-state index in [1.54, 1.807) is 6.08 Å². The molecule has 0 heterocycles. The first-order chi connectivity index (χ1) is 13.5. The first kappa shape index (κ1) is 41.6. The van der Waals surface area contributed by atoms with Gasteiger partial charge in [0.2, 0.25) is 0 Å². The number of carboxylic acids is 1. The Bertz CT molecular complexity index is 978. The summed E-state index contributed by atoms with van der Waals surface area (Å²) in [5.74, 6) is -2.33. The maximum atomic E-state index is 10.6. The number of rotatable bonds is 7. The van der Waals surface area contributed by atoms with Gasteiger partial charge in [-0.1, -0.05) is 37.9 Å². The predicted octanol–water partition coefficient (Wildman–Crippen LogP) is -4.30. The molecule has 0 saturated heterocycles. The topological polar surface area (TPSA) is 213 Å². The molecule has 176 valence electrons. The van der Waals surface area contributed by atoms with Crippen molar-refractivity contribution in [2.45, 2.75) is 18.7 Å². The third kappa shape index (κ3) is 24.8. The van der Waals surface area contributed by atoms with Crippen molar-refractivity contribution < 1.29 is 83.1 Å². The molecule has 0 fully saturated rings. The van der Waals surface area contributed by atoms with Crippen molar-refractivity contribution in [1.82, 2.24) is 6.15 Å². The van der Waals surface area contributed by atoms with E-state index in [0.717, 1.165) is 5.56 Å². The van der Waals surface area contributed by atoms with Crippen molar-refractivity contribution in [3.8, 4) is 0 Å². The quantitative estimate of drug-likeness (QED) is 0.160. The van der Waals surface area contributed by atoms with E-state index in [2.05, 4.69) is 24.5 Å². The molecular weight excluding hydrogens is 468 g/mol. The summed E-state index contributed by atoms with van der Waals surface area (Å²) in [6.45, 7) is 12.4. The minimum absolute atomic E-state index is 0. The van der Waals surface area contributed by atoms with E-state index < -0.39 is 44.5 Å². The molecule has 0 aliphatic carbocycles. The van der Waals surface area contributed by atoms with E-state index in [0.29, 0.717) is 0 Å². The fourth-order valence-corrected chi connectivity index (χ4v) is 1.89. The third-order valence-electron chi connectivity index (χ3n) is 2.68. The minimum atomic E-state index is -4.31. The number of ether oxygens (including phenoxy) is 1. The van der Waals surface area contributed by atoms with Gasteiger partial charge < -0.3 is 25.1 Å². The molecule has 4 N–H and O–H groups in total. The Kier molecular flexibility index (Phi) is 24.9. The first-order valence-electron chi connectivity index (χ1n) is 7.84. The fourth-order valence-electron chi connectivity index (χ4n) is 1.13. The van der Waals surface area contributed by atoms with Gasteiger partial charge in [0.25, 0.3) is 0 Å². The Hall–Kier alpha value is -1.65. The van der Waals surface area contributed by atoms with Crippen LogP contribution in [0.3, 0.4) is 0 Å². The maximum absolute atomic E-state index is 10.6. The van der Waals surface area contributed by atoms with Crippen LogP contribution in [-0.2, 0) is 34.6 Å². The molecule has 0 atom stereocenters. The van der Waals surface area contributed by atoms with E-state index in [1.807, 2.05) is 0 Å². The summed E-state index contributed by atoms with van der Waals surface area (Å²) in [5, 5.41) is 7.89. The van der Waals surface area contributed by atoms with Gasteiger partial charge in [-0.2, -0.15) is 0 Å². The average molecular weight is 493 g/mol. The van der Waals surface area contributed by atoms with Crippen molar-refractivity contribution in [2.75, 3.05) is 12.4 Å². The molecule has 1 aromatic carbocycles.